The van der Waals surface area contributed by atoms with Crippen LogP contribution in [-0.2, 0) is 11.3 Å². The van der Waals surface area contributed by atoms with E-state index in [1.165, 1.54) is 11.8 Å². The van der Waals surface area contributed by atoms with Gasteiger partial charge in [0, 0.05) is 20.9 Å². The van der Waals surface area contributed by atoms with Crippen molar-refractivity contribution in [3.63, 3.8) is 0 Å². The molecule has 5 heteroatoms. The van der Waals surface area contributed by atoms with Crippen molar-refractivity contribution in [1.82, 2.24) is 5.32 Å². The van der Waals surface area contributed by atoms with Crippen LogP contribution in [-0.4, -0.2) is 11.7 Å². The minimum absolute atomic E-state index is 0.0212. The van der Waals surface area contributed by atoms with Crippen LogP contribution in [0.3, 0.4) is 0 Å². The summed E-state index contributed by atoms with van der Waals surface area (Å²) in [7, 11) is 0. The van der Waals surface area contributed by atoms with Crippen LogP contribution in [0, 0.1) is 0 Å². The molecule has 0 bridgehead atoms. The molecule has 20 heavy (non-hydrogen) atoms. The fraction of sp³-hybridized carbons (Fsp3) is 0.133. The molecule has 1 N–H and O–H groups in total. The molecule has 0 fully saturated rings. The molecular formula is C15H13BrClNOS. The molecule has 0 saturated carbocycles. The number of benzene rings is 2. The first-order valence-electron chi connectivity index (χ1n) is 6.03. The number of carbonyl (C=O) groups excluding carboxylic acids is 1. The zero-order valence-electron chi connectivity index (χ0n) is 10.6. The standard InChI is InChI=1S/C15H13BrClNOS/c16-12-3-7-14(8-4-12)20-10-15(19)18-9-11-1-5-13(17)6-2-11/h1-8H,9-10H2,(H,18,19). The Kier molecular flexibility index (Phi) is 5.95. The number of thioether (sulfide) groups is 1. The number of nitrogens with one attached hydrogen (secondary N) is 1. The molecule has 0 heterocycles. The highest BCUT2D eigenvalue weighted by atomic mass is 79.9. The molecule has 2 rings (SSSR count). The van der Waals surface area contributed by atoms with Gasteiger partial charge in [-0.05, 0) is 42.0 Å². The van der Waals surface area contributed by atoms with Gasteiger partial charge in [0.15, 0.2) is 0 Å². The van der Waals surface area contributed by atoms with E-state index in [4.69, 9.17) is 11.6 Å². The van der Waals surface area contributed by atoms with E-state index in [0.717, 1.165) is 14.9 Å². The second-order valence-electron chi connectivity index (χ2n) is 4.15. The van der Waals surface area contributed by atoms with Gasteiger partial charge < -0.3 is 5.32 Å². The molecule has 2 aromatic carbocycles. The van der Waals surface area contributed by atoms with E-state index in [1.807, 2.05) is 48.5 Å². The lowest BCUT2D eigenvalue weighted by Gasteiger charge is -2.05. The summed E-state index contributed by atoms with van der Waals surface area (Å²) < 4.78 is 1.04. The van der Waals surface area contributed by atoms with Crippen molar-refractivity contribution in [3.05, 3.63) is 63.6 Å². The van der Waals surface area contributed by atoms with Gasteiger partial charge in [-0.3, -0.25) is 4.79 Å². The lowest BCUT2D eigenvalue weighted by Crippen LogP contribution is -2.24. The fourth-order valence-electron chi connectivity index (χ4n) is 1.53. The highest BCUT2D eigenvalue weighted by molar-refractivity contribution is 9.10. The van der Waals surface area contributed by atoms with Gasteiger partial charge in [-0.15, -0.1) is 11.8 Å². The molecule has 0 saturated heterocycles. The highest BCUT2D eigenvalue weighted by Crippen LogP contribution is 2.20. The monoisotopic (exact) mass is 369 g/mol. The Morgan fingerprint density at radius 2 is 1.75 bits per heavy atom. The molecule has 2 aromatic rings. The van der Waals surface area contributed by atoms with Crippen LogP contribution in [0.15, 0.2) is 57.9 Å². The van der Waals surface area contributed by atoms with Gasteiger partial charge >= 0.3 is 0 Å². The van der Waals surface area contributed by atoms with Crippen molar-refractivity contribution in [1.29, 1.82) is 0 Å². The largest absolute Gasteiger partial charge is 0.351 e. The van der Waals surface area contributed by atoms with E-state index in [0.29, 0.717) is 17.3 Å². The second kappa shape index (κ2) is 7.72. The lowest BCUT2D eigenvalue weighted by molar-refractivity contribution is -0.118. The normalized spacial score (nSPS) is 10.3. The minimum atomic E-state index is 0.0212. The first kappa shape index (κ1) is 15.4. The SMILES string of the molecule is O=C(CSc1ccc(Br)cc1)NCc1ccc(Cl)cc1. The Bertz CT molecular complexity index is 520. The fourth-order valence-corrected chi connectivity index (χ4v) is 2.65. The number of amides is 1. The van der Waals surface area contributed by atoms with Crippen molar-refractivity contribution in [2.45, 2.75) is 11.4 Å². The third kappa shape index (κ3) is 5.19. The van der Waals surface area contributed by atoms with Crippen LogP contribution in [0.5, 0.6) is 0 Å². The van der Waals surface area contributed by atoms with E-state index in [9.17, 15) is 4.79 Å². The third-order valence-electron chi connectivity index (χ3n) is 2.59. The average molecular weight is 371 g/mol. The van der Waals surface area contributed by atoms with Crippen LogP contribution in [0.1, 0.15) is 5.56 Å². The summed E-state index contributed by atoms with van der Waals surface area (Å²) in [6.07, 6.45) is 0. The van der Waals surface area contributed by atoms with Crippen LogP contribution in [0.4, 0.5) is 0 Å². The third-order valence-corrected chi connectivity index (χ3v) is 4.38. The Balaban J connectivity index is 1.75. The summed E-state index contributed by atoms with van der Waals surface area (Å²) in [4.78, 5) is 12.8. The summed E-state index contributed by atoms with van der Waals surface area (Å²) in [5.74, 6) is 0.433. The van der Waals surface area contributed by atoms with E-state index in [-0.39, 0.29) is 5.91 Å². The Labute approximate surface area is 136 Å². The van der Waals surface area contributed by atoms with Crippen molar-refractivity contribution in [2.24, 2.45) is 0 Å². The van der Waals surface area contributed by atoms with Gasteiger partial charge in [0.2, 0.25) is 5.91 Å². The number of hydrogen-bond donors (Lipinski definition) is 1. The zero-order chi connectivity index (χ0) is 14.4. The highest BCUT2D eigenvalue weighted by Gasteiger charge is 2.03. The molecule has 2 nitrogen and oxygen atoms in total. The van der Waals surface area contributed by atoms with E-state index >= 15 is 0 Å². The molecule has 0 spiro atoms. The molecular weight excluding hydrogens is 358 g/mol. The van der Waals surface area contributed by atoms with E-state index in [2.05, 4.69) is 21.2 Å². The molecule has 1 amide bonds. The molecule has 0 radical (unpaired) electrons. The summed E-state index contributed by atoms with van der Waals surface area (Å²) >= 11 is 10.7. The number of hydrogen-bond acceptors (Lipinski definition) is 2. The minimum Gasteiger partial charge on any atom is -0.351 e. The Hall–Kier alpha value is -0.970. The molecule has 0 unspecified atom stereocenters. The van der Waals surface area contributed by atoms with Crippen LogP contribution >= 0.6 is 39.3 Å². The molecule has 0 atom stereocenters. The predicted molar refractivity (Wildman–Crippen MR) is 88.2 cm³/mol. The number of carbonyl (C=O) groups is 1. The predicted octanol–water partition coefficient (Wildman–Crippen LogP) is 4.51. The summed E-state index contributed by atoms with van der Waals surface area (Å²) in [6.45, 7) is 0.525. The van der Waals surface area contributed by atoms with Gasteiger partial charge in [-0.1, -0.05) is 39.7 Å². The summed E-state index contributed by atoms with van der Waals surface area (Å²) in [5.41, 5.74) is 1.04. The zero-order valence-corrected chi connectivity index (χ0v) is 13.8. The van der Waals surface area contributed by atoms with E-state index < -0.39 is 0 Å². The van der Waals surface area contributed by atoms with Crippen molar-refractivity contribution in [2.75, 3.05) is 5.75 Å². The van der Waals surface area contributed by atoms with Crippen LogP contribution in [0.2, 0.25) is 5.02 Å². The van der Waals surface area contributed by atoms with Crippen molar-refractivity contribution in [3.8, 4) is 0 Å². The first-order valence-corrected chi connectivity index (χ1v) is 8.18. The van der Waals surface area contributed by atoms with Crippen LogP contribution in [0.25, 0.3) is 0 Å². The van der Waals surface area contributed by atoms with Crippen LogP contribution < -0.4 is 5.32 Å². The van der Waals surface area contributed by atoms with Gasteiger partial charge in [0.1, 0.15) is 0 Å². The summed E-state index contributed by atoms with van der Waals surface area (Å²) in [5, 5.41) is 3.59. The molecule has 0 aromatic heterocycles. The Morgan fingerprint density at radius 3 is 2.40 bits per heavy atom. The molecule has 104 valence electrons. The topological polar surface area (TPSA) is 29.1 Å². The Morgan fingerprint density at radius 1 is 1.10 bits per heavy atom. The van der Waals surface area contributed by atoms with Gasteiger partial charge in [0.25, 0.3) is 0 Å². The van der Waals surface area contributed by atoms with E-state index in [1.54, 1.807) is 0 Å². The molecule has 0 aliphatic rings. The molecule has 0 aliphatic carbocycles. The average Bonchev–Trinajstić information content (AvgIpc) is 2.46. The maximum atomic E-state index is 11.8. The van der Waals surface area contributed by atoms with Gasteiger partial charge in [-0.2, -0.15) is 0 Å². The first-order chi connectivity index (χ1) is 9.63. The quantitative estimate of drug-likeness (QED) is 0.785. The second-order valence-corrected chi connectivity index (χ2v) is 6.55. The van der Waals surface area contributed by atoms with Gasteiger partial charge in [-0.25, -0.2) is 0 Å². The lowest BCUT2D eigenvalue weighted by atomic mass is 10.2. The maximum Gasteiger partial charge on any atom is 0.230 e. The summed E-state index contributed by atoms with van der Waals surface area (Å²) in [6, 6.07) is 15.4. The van der Waals surface area contributed by atoms with Gasteiger partial charge in [0.05, 0.1) is 5.75 Å². The van der Waals surface area contributed by atoms with Crippen molar-refractivity contribution < 1.29 is 4.79 Å². The van der Waals surface area contributed by atoms with Crippen molar-refractivity contribution >= 4 is 45.2 Å². The number of halogens is 2. The smallest absolute Gasteiger partial charge is 0.230 e. The number of rotatable bonds is 5. The molecule has 0 aliphatic heterocycles. The maximum absolute atomic E-state index is 11.8.